The zero-order chi connectivity index (χ0) is 22.2. The second kappa shape index (κ2) is 8.51. The number of fused-ring (bicyclic) bond motifs is 1. The number of aliphatic hydroxyl groups is 1. The van der Waals surface area contributed by atoms with Crippen molar-refractivity contribution in [2.45, 2.75) is 64.6 Å². The van der Waals surface area contributed by atoms with E-state index in [0.29, 0.717) is 6.54 Å². The molecule has 2 heterocycles. The lowest BCUT2D eigenvalue weighted by atomic mass is 9.91. The maximum atomic E-state index is 13.2. The number of aromatic nitrogens is 1. The van der Waals surface area contributed by atoms with Gasteiger partial charge >= 0.3 is 0 Å². The van der Waals surface area contributed by atoms with Crippen molar-refractivity contribution in [1.82, 2.24) is 9.88 Å². The molecule has 5 rings (SSSR count). The van der Waals surface area contributed by atoms with Crippen LogP contribution in [0.5, 0.6) is 0 Å². The molecule has 32 heavy (non-hydrogen) atoms. The molecule has 1 saturated carbocycles. The number of pyridine rings is 1. The van der Waals surface area contributed by atoms with Gasteiger partial charge in [-0.05, 0) is 84.7 Å². The van der Waals surface area contributed by atoms with E-state index in [4.69, 9.17) is 0 Å². The van der Waals surface area contributed by atoms with E-state index in [1.807, 2.05) is 24.1 Å². The Hall–Kier alpha value is -2.98. The van der Waals surface area contributed by atoms with Gasteiger partial charge in [-0.1, -0.05) is 43.2 Å². The summed E-state index contributed by atoms with van der Waals surface area (Å²) in [7, 11) is 0. The van der Waals surface area contributed by atoms with Gasteiger partial charge in [0.1, 0.15) is 0 Å². The second-order valence-electron chi connectivity index (χ2n) is 9.35. The van der Waals surface area contributed by atoms with Crippen molar-refractivity contribution < 1.29 is 9.90 Å². The number of amides is 1. The van der Waals surface area contributed by atoms with Gasteiger partial charge in [-0.15, -0.1) is 0 Å². The van der Waals surface area contributed by atoms with Gasteiger partial charge in [-0.2, -0.15) is 0 Å². The first kappa shape index (κ1) is 20.9. The molecule has 1 N–H and O–H groups in total. The molecule has 2 aromatic carbocycles. The van der Waals surface area contributed by atoms with Gasteiger partial charge in [0.15, 0.2) is 0 Å². The Morgan fingerprint density at radius 1 is 1.00 bits per heavy atom. The first-order valence-corrected chi connectivity index (χ1v) is 11.6. The molecule has 1 amide bonds. The van der Waals surface area contributed by atoms with E-state index in [9.17, 15) is 9.90 Å². The molecule has 3 aromatic rings. The van der Waals surface area contributed by atoms with Crippen LogP contribution in [0.25, 0.3) is 11.1 Å². The summed E-state index contributed by atoms with van der Waals surface area (Å²) in [5, 5.41) is 10.5. The molecule has 1 aliphatic carbocycles. The number of nitrogens with zero attached hydrogens (tertiary/aromatic N) is 2. The quantitative estimate of drug-likeness (QED) is 0.623. The van der Waals surface area contributed by atoms with Crippen LogP contribution >= 0.6 is 0 Å². The number of rotatable bonds is 4. The third-order valence-corrected chi connectivity index (χ3v) is 7.07. The lowest BCUT2D eigenvalue weighted by Crippen LogP contribution is -2.45. The zero-order valence-electron chi connectivity index (χ0n) is 18.8. The van der Waals surface area contributed by atoms with E-state index in [0.717, 1.165) is 48.9 Å². The number of hydrogen-bond donors (Lipinski definition) is 1. The zero-order valence-corrected chi connectivity index (χ0v) is 18.8. The molecule has 4 heteroatoms. The smallest absolute Gasteiger partial charge is 0.254 e. The highest BCUT2D eigenvalue weighted by atomic mass is 16.3. The Balaban J connectivity index is 1.36. The predicted octanol–water partition coefficient (Wildman–Crippen LogP) is 5.22. The van der Waals surface area contributed by atoms with Crippen molar-refractivity contribution in [3.8, 4) is 11.1 Å². The third kappa shape index (κ3) is 3.95. The number of aliphatic hydroxyl groups excluding tert-OH is 1. The maximum Gasteiger partial charge on any atom is 0.254 e. The van der Waals surface area contributed by atoms with Gasteiger partial charge in [0.25, 0.3) is 5.91 Å². The average Bonchev–Trinajstić information content (AvgIpc) is 3.10. The fourth-order valence-electron chi connectivity index (χ4n) is 5.23. The number of aryl methyl sites for hydroxylation is 2. The van der Waals surface area contributed by atoms with Crippen LogP contribution < -0.4 is 0 Å². The van der Waals surface area contributed by atoms with Crippen LogP contribution in [-0.2, 0) is 13.0 Å². The monoisotopic (exact) mass is 426 g/mol. The van der Waals surface area contributed by atoms with Gasteiger partial charge in [-0.3, -0.25) is 9.78 Å². The summed E-state index contributed by atoms with van der Waals surface area (Å²) in [6, 6.07) is 17.0. The SMILES string of the molecule is Cc1cc(-c2ccc(Cc3cc4c(cc3C)CN(C3CCCCC3O)C4=O)cc2)ccn1. The van der Waals surface area contributed by atoms with Gasteiger partial charge in [0, 0.05) is 24.0 Å². The minimum absolute atomic E-state index is 0.0447. The highest BCUT2D eigenvalue weighted by molar-refractivity contribution is 5.99. The molecule has 2 aliphatic rings. The molecule has 164 valence electrons. The average molecular weight is 427 g/mol. The Morgan fingerprint density at radius 3 is 2.53 bits per heavy atom. The highest BCUT2D eigenvalue weighted by Gasteiger charge is 2.37. The Labute approximate surface area is 189 Å². The van der Waals surface area contributed by atoms with E-state index in [1.165, 1.54) is 27.8 Å². The molecule has 0 radical (unpaired) electrons. The number of carbonyl (C=O) groups excluding carboxylic acids is 1. The minimum Gasteiger partial charge on any atom is -0.391 e. The van der Waals surface area contributed by atoms with Crippen LogP contribution in [0.1, 0.15) is 64.0 Å². The minimum atomic E-state index is -0.398. The largest absolute Gasteiger partial charge is 0.391 e. The van der Waals surface area contributed by atoms with Crippen LogP contribution in [-0.4, -0.2) is 33.0 Å². The van der Waals surface area contributed by atoms with Crippen LogP contribution in [0, 0.1) is 13.8 Å². The summed E-state index contributed by atoms with van der Waals surface area (Å²) in [5.74, 6) is 0.0793. The molecule has 0 spiro atoms. The summed E-state index contributed by atoms with van der Waals surface area (Å²) in [6.07, 6.45) is 6.08. The Bertz CT molecular complexity index is 1150. The summed E-state index contributed by atoms with van der Waals surface area (Å²) in [5.41, 5.74) is 8.92. The molecule has 1 aromatic heterocycles. The fourth-order valence-corrected chi connectivity index (χ4v) is 5.23. The highest BCUT2D eigenvalue weighted by Crippen LogP contribution is 2.33. The van der Waals surface area contributed by atoms with Crippen LogP contribution in [0.4, 0.5) is 0 Å². The molecular formula is C28H30N2O2. The summed E-state index contributed by atoms with van der Waals surface area (Å²) >= 11 is 0. The third-order valence-electron chi connectivity index (χ3n) is 7.07. The van der Waals surface area contributed by atoms with Gasteiger partial charge < -0.3 is 10.0 Å². The topological polar surface area (TPSA) is 53.4 Å². The predicted molar refractivity (Wildman–Crippen MR) is 127 cm³/mol. The van der Waals surface area contributed by atoms with Crippen LogP contribution in [0.2, 0.25) is 0 Å². The molecule has 4 nitrogen and oxygen atoms in total. The first-order valence-electron chi connectivity index (χ1n) is 11.6. The molecule has 1 aliphatic heterocycles. The first-order chi connectivity index (χ1) is 15.5. The molecule has 1 fully saturated rings. The lowest BCUT2D eigenvalue weighted by molar-refractivity contribution is 0.0191. The van der Waals surface area contributed by atoms with Crippen LogP contribution in [0.15, 0.2) is 54.7 Å². The van der Waals surface area contributed by atoms with E-state index in [1.54, 1.807) is 0 Å². The summed E-state index contributed by atoms with van der Waals surface area (Å²) < 4.78 is 0. The summed E-state index contributed by atoms with van der Waals surface area (Å²) in [4.78, 5) is 19.4. The fraction of sp³-hybridized carbons (Fsp3) is 0.357. The molecule has 2 atom stereocenters. The van der Waals surface area contributed by atoms with E-state index in [2.05, 4.69) is 54.4 Å². The van der Waals surface area contributed by atoms with Crippen molar-refractivity contribution in [3.05, 3.63) is 88.2 Å². The van der Waals surface area contributed by atoms with E-state index >= 15 is 0 Å². The molecule has 2 unspecified atom stereocenters. The Morgan fingerprint density at radius 2 is 1.78 bits per heavy atom. The van der Waals surface area contributed by atoms with Crippen molar-refractivity contribution in [2.24, 2.45) is 0 Å². The number of benzene rings is 2. The van der Waals surface area contributed by atoms with Gasteiger partial charge in [-0.25, -0.2) is 0 Å². The molecular weight excluding hydrogens is 396 g/mol. The van der Waals surface area contributed by atoms with Gasteiger partial charge in [0.2, 0.25) is 0 Å². The lowest BCUT2D eigenvalue weighted by Gasteiger charge is -2.35. The van der Waals surface area contributed by atoms with E-state index < -0.39 is 6.10 Å². The molecule has 0 saturated heterocycles. The van der Waals surface area contributed by atoms with Gasteiger partial charge in [0.05, 0.1) is 12.1 Å². The van der Waals surface area contributed by atoms with E-state index in [-0.39, 0.29) is 11.9 Å². The normalized spacial score (nSPS) is 20.5. The standard InChI is InChI=1S/C28H30N2O2/c1-18-13-24-17-30(26-5-3-4-6-27(26)31)28(32)25(24)16-23(18)15-20-7-9-21(10-8-20)22-11-12-29-19(2)14-22/h7-14,16,26-27,31H,3-6,15,17H2,1-2H3. The van der Waals surface area contributed by atoms with Crippen molar-refractivity contribution >= 4 is 5.91 Å². The second-order valence-corrected chi connectivity index (χ2v) is 9.35. The van der Waals surface area contributed by atoms with Crippen molar-refractivity contribution in [3.63, 3.8) is 0 Å². The van der Waals surface area contributed by atoms with Crippen molar-refractivity contribution in [1.29, 1.82) is 0 Å². The molecule has 0 bridgehead atoms. The number of carbonyl (C=O) groups is 1. The number of hydrogen-bond acceptors (Lipinski definition) is 3. The van der Waals surface area contributed by atoms with Crippen LogP contribution in [0.3, 0.4) is 0 Å². The maximum absolute atomic E-state index is 13.2. The Kier molecular flexibility index (Phi) is 5.56. The van der Waals surface area contributed by atoms with Crippen molar-refractivity contribution in [2.75, 3.05) is 0 Å². The summed E-state index contributed by atoms with van der Waals surface area (Å²) in [6.45, 7) is 4.76.